The maximum atomic E-state index is 11.8. The zero-order valence-corrected chi connectivity index (χ0v) is 9.01. The van der Waals surface area contributed by atoms with Gasteiger partial charge in [0.1, 0.15) is 0 Å². The number of halogens is 3. The summed E-state index contributed by atoms with van der Waals surface area (Å²) in [5.41, 5.74) is -4.59. The van der Waals surface area contributed by atoms with Crippen LogP contribution in [-0.4, -0.2) is 20.8 Å². The summed E-state index contributed by atoms with van der Waals surface area (Å²) >= 11 is 4.65. The van der Waals surface area contributed by atoms with E-state index in [0.717, 1.165) is 0 Å². The molecule has 0 radical (unpaired) electrons. The molecule has 0 bridgehead atoms. The molecule has 0 aliphatic carbocycles. The molecular formula is C7H7F3N2OS2. The third-order valence-corrected chi connectivity index (χ3v) is 2.55. The Morgan fingerprint density at radius 2 is 2.20 bits per heavy atom. The quantitative estimate of drug-likeness (QED) is 0.842. The highest BCUT2D eigenvalue weighted by Crippen LogP contribution is 2.29. The lowest BCUT2D eigenvalue weighted by Crippen LogP contribution is -2.13. The van der Waals surface area contributed by atoms with Gasteiger partial charge in [0, 0.05) is 24.6 Å². The van der Waals surface area contributed by atoms with E-state index >= 15 is 0 Å². The van der Waals surface area contributed by atoms with Crippen molar-refractivity contribution >= 4 is 24.0 Å². The molecule has 84 valence electrons. The smallest absolute Gasteiger partial charge is 0.324 e. The van der Waals surface area contributed by atoms with E-state index in [9.17, 15) is 18.0 Å². The third-order valence-electron chi connectivity index (χ3n) is 1.49. The standard InChI is InChI=1S/C7H7F3N2OS2/c8-7(9,10)15-4-3-12-2-1-5(13)11-6(12)14/h1-2H,3-4H2,(H,11,13,14). The van der Waals surface area contributed by atoms with Crippen LogP contribution in [0, 0.1) is 4.77 Å². The molecule has 1 N–H and O–H groups in total. The van der Waals surface area contributed by atoms with E-state index in [1.807, 2.05) is 0 Å². The predicted octanol–water partition coefficient (Wildman–Crippen LogP) is 2.16. The average molecular weight is 256 g/mol. The molecule has 15 heavy (non-hydrogen) atoms. The van der Waals surface area contributed by atoms with Crippen LogP contribution >= 0.6 is 24.0 Å². The molecule has 0 aliphatic heterocycles. The fourth-order valence-electron chi connectivity index (χ4n) is 0.880. The average Bonchev–Trinajstić information content (AvgIpc) is 2.07. The Hall–Kier alpha value is -0.760. The zero-order chi connectivity index (χ0) is 11.5. The largest absolute Gasteiger partial charge is 0.441 e. The van der Waals surface area contributed by atoms with E-state index in [2.05, 4.69) is 4.98 Å². The molecule has 0 unspecified atom stereocenters. The Kier molecular flexibility index (Phi) is 3.97. The third kappa shape index (κ3) is 4.52. The van der Waals surface area contributed by atoms with Crippen molar-refractivity contribution in [2.75, 3.05) is 5.75 Å². The Morgan fingerprint density at radius 1 is 1.53 bits per heavy atom. The number of aryl methyl sites for hydroxylation is 1. The summed E-state index contributed by atoms with van der Waals surface area (Å²) in [5.74, 6) is -0.135. The molecule has 0 aromatic carbocycles. The molecule has 8 heteroatoms. The summed E-state index contributed by atoms with van der Waals surface area (Å²) < 4.78 is 36.9. The number of alkyl halides is 3. The van der Waals surface area contributed by atoms with Gasteiger partial charge in [-0.15, -0.1) is 0 Å². The second-order valence-electron chi connectivity index (χ2n) is 2.60. The van der Waals surface area contributed by atoms with E-state index in [0.29, 0.717) is 0 Å². The lowest BCUT2D eigenvalue weighted by molar-refractivity contribution is -0.0328. The maximum absolute atomic E-state index is 11.8. The molecule has 0 aliphatic rings. The number of hydrogen-bond acceptors (Lipinski definition) is 3. The van der Waals surface area contributed by atoms with Crippen molar-refractivity contribution in [2.45, 2.75) is 12.1 Å². The Labute approximate surface area is 92.3 Å². The van der Waals surface area contributed by atoms with Crippen molar-refractivity contribution in [1.82, 2.24) is 9.55 Å². The van der Waals surface area contributed by atoms with Crippen molar-refractivity contribution in [1.29, 1.82) is 0 Å². The van der Waals surface area contributed by atoms with Crippen LogP contribution in [0.4, 0.5) is 13.2 Å². The Balaban J connectivity index is 2.59. The van der Waals surface area contributed by atoms with Crippen LogP contribution in [0.2, 0.25) is 0 Å². The minimum absolute atomic E-state index is 0.111. The van der Waals surface area contributed by atoms with Crippen LogP contribution in [0.25, 0.3) is 0 Å². The summed E-state index contributed by atoms with van der Waals surface area (Å²) in [4.78, 5) is 13.1. The van der Waals surface area contributed by atoms with Gasteiger partial charge in [-0.1, -0.05) is 0 Å². The van der Waals surface area contributed by atoms with Crippen LogP contribution in [0.3, 0.4) is 0 Å². The van der Waals surface area contributed by atoms with Gasteiger partial charge in [-0.3, -0.25) is 9.78 Å². The SMILES string of the molecule is O=c1ccn(CCSC(F)(F)F)c(=S)[nH]1. The first kappa shape index (κ1) is 12.3. The van der Waals surface area contributed by atoms with Gasteiger partial charge in [-0.2, -0.15) is 13.2 Å². The van der Waals surface area contributed by atoms with Crippen LogP contribution < -0.4 is 5.56 Å². The monoisotopic (exact) mass is 256 g/mol. The lowest BCUT2D eigenvalue weighted by Gasteiger charge is -2.07. The Bertz CT molecular complexity index is 437. The van der Waals surface area contributed by atoms with Crippen LogP contribution in [-0.2, 0) is 6.54 Å². The van der Waals surface area contributed by atoms with Crippen LogP contribution in [0.1, 0.15) is 0 Å². The van der Waals surface area contributed by atoms with Gasteiger partial charge in [-0.25, -0.2) is 0 Å². The van der Waals surface area contributed by atoms with Crippen LogP contribution in [0.15, 0.2) is 17.1 Å². The topological polar surface area (TPSA) is 37.8 Å². The van der Waals surface area contributed by atoms with Crippen molar-refractivity contribution < 1.29 is 13.2 Å². The number of nitrogens with zero attached hydrogens (tertiary/aromatic N) is 1. The summed E-state index contributed by atoms with van der Waals surface area (Å²) in [6.07, 6.45) is 1.37. The van der Waals surface area contributed by atoms with Crippen molar-refractivity contribution in [3.8, 4) is 0 Å². The normalized spacial score (nSPS) is 11.7. The molecule has 0 spiro atoms. The highest BCUT2D eigenvalue weighted by molar-refractivity contribution is 8.00. The minimum Gasteiger partial charge on any atom is -0.324 e. The van der Waals surface area contributed by atoms with Crippen LogP contribution in [0.5, 0.6) is 0 Å². The number of rotatable bonds is 3. The second kappa shape index (κ2) is 4.84. The molecule has 1 aromatic rings. The van der Waals surface area contributed by atoms with Crippen molar-refractivity contribution in [3.05, 3.63) is 27.4 Å². The summed E-state index contributed by atoms with van der Waals surface area (Å²) in [6, 6.07) is 1.22. The lowest BCUT2D eigenvalue weighted by atomic mass is 10.6. The number of H-pyrrole nitrogens is 1. The van der Waals surface area contributed by atoms with Gasteiger partial charge < -0.3 is 4.57 Å². The van der Waals surface area contributed by atoms with Gasteiger partial charge in [0.25, 0.3) is 5.56 Å². The molecule has 0 amide bonds. The van der Waals surface area contributed by atoms with E-state index < -0.39 is 5.51 Å². The molecular weight excluding hydrogens is 249 g/mol. The number of hydrogen-bond donors (Lipinski definition) is 1. The molecule has 0 fully saturated rings. The van der Waals surface area contributed by atoms with Crippen molar-refractivity contribution in [2.24, 2.45) is 0 Å². The molecule has 1 aromatic heterocycles. The molecule has 0 atom stereocenters. The predicted molar refractivity (Wildman–Crippen MR) is 54.4 cm³/mol. The first-order valence-electron chi connectivity index (χ1n) is 3.89. The molecule has 0 saturated carbocycles. The minimum atomic E-state index is -4.23. The number of aromatic amines is 1. The van der Waals surface area contributed by atoms with Gasteiger partial charge in [-0.05, 0) is 24.0 Å². The van der Waals surface area contributed by atoms with E-state index in [1.165, 1.54) is 16.8 Å². The highest BCUT2D eigenvalue weighted by atomic mass is 32.2. The molecule has 0 saturated heterocycles. The first-order chi connectivity index (χ1) is 6.88. The molecule has 1 rings (SSSR count). The highest BCUT2D eigenvalue weighted by Gasteiger charge is 2.27. The second-order valence-corrected chi connectivity index (χ2v) is 4.14. The van der Waals surface area contributed by atoms with E-state index in [4.69, 9.17) is 12.2 Å². The van der Waals surface area contributed by atoms with Gasteiger partial charge in [0.15, 0.2) is 4.77 Å². The Morgan fingerprint density at radius 3 is 2.73 bits per heavy atom. The fraction of sp³-hybridized carbons (Fsp3) is 0.429. The van der Waals surface area contributed by atoms with Gasteiger partial charge in [0.05, 0.1) is 0 Å². The zero-order valence-electron chi connectivity index (χ0n) is 7.37. The number of nitrogens with one attached hydrogen (secondary N) is 1. The number of aromatic nitrogens is 2. The van der Waals surface area contributed by atoms with Crippen molar-refractivity contribution in [3.63, 3.8) is 0 Å². The number of thioether (sulfide) groups is 1. The van der Waals surface area contributed by atoms with Gasteiger partial charge in [0.2, 0.25) is 0 Å². The maximum Gasteiger partial charge on any atom is 0.441 e. The van der Waals surface area contributed by atoms with E-state index in [-0.39, 0.29) is 34.4 Å². The summed E-state index contributed by atoms with van der Waals surface area (Å²) in [5, 5.41) is 0. The van der Waals surface area contributed by atoms with Gasteiger partial charge >= 0.3 is 5.51 Å². The molecule has 1 heterocycles. The summed E-state index contributed by atoms with van der Waals surface area (Å²) in [6.45, 7) is 0.111. The first-order valence-corrected chi connectivity index (χ1v) is 5.28. The van der Waals surface area contributed by atoms with E-state index in [1.54, 1.807) is 0 Å². The fourth-order valence-corrected chi connectivity index (χ4v) is 1.65. The summed E-state index contributed by atoms with van der Waals surface area (Å²) in [7, 11) is 0. The molecule has 3 nitrogen and oxygen atoms in total.